The van der Waals surface area contributed by atoms with Crippen LogP contribution in [0.5, 0.6) is 0 Å². The van der Waals surface area contributed by atoms with E-state index in [4.69, 9.17) is 23.2 Å². The molecule has 0 aliphatic heterocycles. The Labute approximate surface area is 170 Å². The Hall–Kier alpha value is -1.45. The lowest BCUT2D eigenvalue weighted by Gasteiger charge is -2.16. The third kappa shape index (κ3) is 5.52. The summed E-state index contributed by atoms with van der Waals surface area (Å²) in [4.78, 5) is 12.0. The van der Waals surface area contributed by atoms with Crippen LogP contribution in [-0.2, 0) is 14.8 Å². The van der Waals surface area contributed by atoms with Gasteiger partial charge in [-0.1, -0.05) is 45.2 Å². The number of rotatable bonds is 6. The molecule has 138 valence electrons. The van der Waals surface area contributed by atoms with Crippen molar-refractivity contribution in [2.45, 2.75) is 4.90 Å². The minimum atomic E-state index is -3.77. The van der Waals surface area contributed by atoms with Gasteiger partial charge in [-0.05, 0) is 42.0 Å². The molecule has 2 aromatic carbocycles. The predicted octanol–water partition coefficient (Wildman–Crippen LogP) is 3.53. The number of hydrogen-bond donors (Lipinski definition) is 1. The van der Waals surface area contributed by atoms with Gasteiger partial charge in [-0.15, -0.1) is 0 Å². The number of nitrogens with one attached hydrogen (secondary N) is 1. The summed E-state index contributed by atoms with van der Waals surface area (Å²) in [5.41, 5.74) is 2.90. The second-order valence-corrected chi connectivity index (χ2v) is 8.96. The van der Waals surface area contributed by atoms with E-state index in [1.807, 2.05) is 0 Å². The van der Waals surface area contributed by atoms with E-state index in [1.165, 1.54) is 25.4 Å². The van der Waals surface area contributed by atoms with E-state index < -0.39 is 15.9 Å². The van der Waals surface area contributed by atoms with Crippen LogP contribution in [0, 0.1) is 0 Å². The van der Waals surface area contributed by atoms with E-state index in [0.29, 0.717) is 15.6 Å². The first-order chi connectivity index (χ1) is 12.2. The molecular formula is C16H14BrCl2N3O3S. The number of hydrogen-bond acceptors (Lipinski definition) is 4. The summed E-state index contributed by atoms with van der Waals surface area (Å²) in [6.45, 7) is -0.378. The molecule has 0 atom stereocenters. The normalized spacial score (nSPS) is 11.9. The maximum absolute atomic E-state index is 12.4. The van der Waals surface area contributed by atoms with Gasteiger partial charge in [0.25, 0.3) is 5.91 Å². The van der Waals surface area contributed by atoms with Crippen LogP contribution in [0.4, 0.5) is 0 Å². The molecule has 0 heterocycles. The van der Waals surface area contributed by atoms with Crippen molar-refractivity contribution in [3.8, 4) is 0 Å². The molecule has 0 fully saturated rings. The highest BCUT2D eigenvalue weighted by molar-refractivity contribution is 9.10. The molecule has 0 aromatic heterocycles. The maximum Gasteiger partial charge on any atom is 0.255 e. The molecule has 0 bridgehead atoms. The summed E-state index contributed by atoms with van der Waals surface area (Å²) < 4.78 is 26.5. The molecule has 6 nitrogen and oxygen atoms in total. The van der Waals surface area contributed by atoms with E-state index >= 15 is 0 Å². The number of halogens is 3. The Bertz CT molecular complexity index is 934. The molecule has 0 radical (unpaired) electrons. The van der Waals surface area contributed by atoms with Crippen molar-refractivity contribution in [3.05, 3.63) is 62.5 Å². The van der Waals surface area contributed by atoms with Crippen LogP contribution in [0.15, 0.2) is 56.9 Å². The molecule has 1 amide bonds. The number of amides is 1. The SMILES string of the molecule is CN(CC(=O)N/N=C\c1ccc(Cl)c(Cl)c1)S(=O)(=O)c1ccc(Br)cc1. The fourth-order valence-electron chi connectivity index (χ4n) is 1.88. The first-order valence-corrected chi connectivity index (χ1v) is 10.2. The number of carbonyl (C=O) groups excluding carboxylic acids is 1. The number of benzene rings is 2. The number of hydrazone groups is 1. The van der Waals surface area contributed by atoms with Crippen LogP contribution < -0.4 is 5.43 Å². The molecule has 10 heteroatoms. The zero-order chi connectivity index (χ0) is 19.3. The highest BCUT2D eigenvalue weighted by Gasteiger charge is 2.22. The molecule has 0 saturated carbocycles. The van der Waals surface area contributed by atoms with Gasteiger partial charge in [-0.2, -0.15) is 9.41 Å². The fraction of sp³-hybridized carbons (Fsp3) is 0.125. The van der Waals surface area contributed by atoms with E-state index in [0.717, 1.165) is 8.78 Å². The molecule has 0 aliphatic rings. The molecule has 0 spiro atoms. The molecule has 1 N–H and O–H groups in total. The van der Waals surface area contributed by atoms with Crippen LogP contribution in [0.25, 0.3) is 0 Å². The zero-order valence-corrected chi connectivity index (χ0v) is 17.4. The van der Waals surface area contributed by atoms with Gasteiger partial charge in [0.05, 0.1) is 27.7 Å². The van der Waals surface area contributed by atoms with Gasteiger partial charge in [0.15, 0.2) is 0 Å². The third-order valence-electron chi connectivity index (χ3n) is 3.23. The van der Waals surface area contributed by atoms with Crippen molar-refractivity contribution in [1.82, 2.24) is 9.73 Å². The Morgan fingerprint density at radius 1 is 1.19 bits per heavy atom. The molecule has 0 aliphatic carbocycles. The summed E-state index contributed by atoms with van der Waals surface area (Å²) in [6.07, 6.45) is 1.38. The van der Waals surface area contributed by atoms with Crippen LogP contribution >= 0.6 is 39.1 Å². The molecular weight excluding hydrogens is 465 g/mol. The summed E-state index contributed by atoms with van der Waals surface area (Å²) in [6, 6.07) is 11.0. The van der Waals surface area contributed by atoms with Crippen molar-refractivity contribution in [1.29, 1.82) is 0 Å². The van der Waals surface area contributed by atoms with Gasteiger partial charge in [0.1, 0.15) is 0 Å². The van der Waals surface area contributed by atoms with E-state index in [2.05, 4.69) is 26.5 Å². The molecule has 0 unspecified atom stereocenters. The second kappa shape index (κ2) is 8.96. The Morgan fingerprint density at radius 3 is 2.46 bits per heavy atom. The summed E-state index contributed by atoms with van der Waals surface area (Å²) in [5, 5.41) is 4.55. The standard InChI is InChI=1S/C16H14BrCl2N3O3S/c1-22(26(24,25)13-5-3-12(17)4-6-13)10-16(23)21-20-9-11-2-7-14(18)15(19)8-11/h2-9H,10H2,1H3,(H,21,23)/b20-9-. The fourth-order valence-corrected chi connectivity index (χ4v) is 3.58. The first-order valence-electron chi connectivity index (χ1n) is 7.19. The smallest absolute Gasteiger partial charge is 0.255 e. The maximum atomic E-state index is 12.4. The molecule has 2 rings (SSSR count). The van der Waals surface area contributed by atoms with Gasteiger partial charge in [0, 0.05) is 11.5 Å². The molecule has 2 aromatic rings. The van der Waals surface area contributed by atoms with Gasteiger partial charge in [0.2, 0.25) is 10.0 Å². The lowest BCUT2D eigenvalue weighted by Crippen LogP contribution is -2.36. The van der Waals surface area contributed by atoms with Crippen molar-refractivity contribution >= 4 is 61.3 Å². The zero-order valence-electron chi connectivity index (χ0n) is 13.5. The molecule has 0 saturated heterocycles. The summed E-state index contributed by atoms with van der Waals surface area (Å²) in [7, 11) is -2.45. The van der Waals surface area contributed by atoms with E-state index in [1.54, 1.807) is 30.3 Å². The number of nitrogens with zero attached hydrogens (tertiary/aromatic N) is 2. The Balaban J connectivity index is 1.97. The van der Waals surface area contributed by atoms with Crippen molar-refractivity contribution in [2.24, 2.45) is 5.10 Å². The average Bonchev–Trinajstić information content (AvgIpc) is 2.58. The highest BCUT2D eigenvalue weighted by atomic mass is 79.9. The van der Waals surface area contributed by atoms with Gasteiger partial charge in [-0.3, -0.25) is 4.79 Å². The molecule has 26 heavy (non-hydrogen) atoms. The second-order valence-electron chi connectivity index (χ2n) is 5.18. The largest absolute Gasteiger partial charge is 0.272 e. The van der Waals surface area contributed by atoms with Crippen LogP contribution in [-0.4, -0.2) is 38.4 Å². The number of carbonyl (C=O) groups is 1. The summed E-state index contributed by atoms with van der Waals surface area (Å²) >= 11 is 14.9. The van der Waals surface area contributed by atoms with Crippen molar-refractivity contribution < 1.29 is 13.2 Å². The Kier molecular flexibility index (Phi) is 7.19. The summed E-state index contributed by atoms with van der Waals surface area (Å²) in [5.74, 6) is -0.579. The van der Waals surface area contributed by atoms with Crippen molar-refractivity contribution in [2.75, 3.05) is 13.6 Å². The van der Waals surface area contributed by atoms with E-state index in [-0.39, 0.29) is 11.4 Å². The minimum absolute atomic E-state index is 0.0929. The van der Waals surface area contributed by atoms with Gasteiger partial charge in [-0.25, -0.2) is 13.8 Å². The van der Waals surface area contributed by atoms with Crippen LogP contribution in [0.1, 0.15) is 5.56 Å². The lowest BCUT2D eigenvalue weighted by atomic mass is 10.2. The average molecular weight is 479 g/mol. The van der Waals surface area contributed by atoms with Gasteiger partial charge >= 0.3 is 0 Å². The van der Waals surface area contributed by atoms with Crippen LogP contribution in [0.3, 0.4) is 0 Å². The van der Waals surface area contributed by atoms with Gasteiger partial charge < -0.3 is 0 Å². The van der Waals surface area contributed by atoms with Crippen molar-refractivity contribution in [3.63, 3.8) is 0 Å². The van der Waals surface area contributed by atoms with E-state index in [9.17, 15) is 13.2 Å². The third-order valence-corrected chi connectivity index (χ3v) is 6.32. The number of sulfonamides is 1. The minimum Gasteiger partial charge on any atom is -0.272 e. The lowest BCUT2D eigenvalue weighted by molar-refractivity contribution is -0.121. The quantitative estimate of drug-likeness (QED) is 0.509. The monoisotopic (exact) mass is 477 g/mol. The Morgan fingerprint density at radius 2 is 1.85 bits per heavy atom. The number of likely N-dealkylation sites (N-methyl/N-ethyl adjacent to an activating group) is 1. The predicted molar refractivity (Wildman–Crippen MR) is 106 cm³/mol. The highest BCUT2D eigenvalue weighted by Crippen LogP contribution is 2.21. The van der Waals surface area contributed by atoms with Crippen LogP contribution in [0.2, 0.25) is 10.0 Å². The first kappa shape index (κ1) is 20.9. The topological polar surface area (TPSA) is 78.8 Å².